The first kappa shape index (κ1) is 12.6. The number of benzene rings is 1. The molecule has 2 heterocycles. The molecule has 1 aromatic carbocycles. The Morgan fingerprint density at radius 1 is 1.15 bits per heavy atom. The van der Waals surface area contributed by atoms with Crippen molar-refractivity contribution in [3.8, 4) is 0 Å². The summed E-state index contributed by atoms with van der Waals surface area (Å²) in [5, 5.41) is 3.18. The molecule has 0 saturated carbocycles. The lowest BCUT2D eigenvalue weighted by atomic mass is 10.2. The van der Waals surface area contributed by atoms with Crippen LogP contribution < -0.4 is 10.4 Å². The highest BCUT2D eigenvalue weighted by molar-refractivity contribution is 7.10. The van der Waals surface area contributed by atoms with Crippen molar-refractivity contribution in [2.24, 2.45) is 0 Å². The average molecular weight is 284 g/mol. The van der Waals surface area contributed by atoms with E-state index in [9.17, 15) is 9.59 Å². The lowest BCUT2D eigenvalue weighted by molar-refractivity contribution is -0.117. The number of hydrazine groups is 1. The number of carbonyl (C=O) groups is 2. The third kappa shape index (κ3) is 2.23. The molecule has 0 unspecified atom stereocenters. The second-order valence-corrected chi connectivity index (χ2v) is 5.47. The Hall–Kier alpha value is -2.40. The summed E-state index contributed by atoms with van der Waals surface area (Å²) in [6.07, 6.45) is 1.62. The van der Waals surface area contributed by atoms with Crippen LogP contribution in [0.2, 0.25) is 0 Å². The van der Waals surface area contributed by atoms with E-state index < -0.39 is 0 Å². The van der Waals surface area contributed by atoms with E-state index in [1.165, 1.54) is 16.3 Å². The zero-order valence-corrected chi connectivity index (χ0v) is 11.6. The van der Waals surface area contributed by atoms with Gasteiger partial charge >= 0.3 is 0 Å². The summed E-state index contributed by atoms with van der Waals surface area (Å²) < 4.78 is 0. The van der Waals surface area contributed by atoms with E-state index in [0.717, 1.165) is 10.4 Å². The van der Waals surface area contributed by atoms with E-state index in [1.54, 1.807) is 6.08 Å². The molecule has 20 heavy (non-hydrogen) atoms. The number of rotatable bonds is 2. The predicted octanol–water partition coefficient (Wildman–Crippen LogP) is 2.52. The Kier molecular flexibility index (Phi) is 3.12. The van der Waals surface area contributed by atoms with Gasteiger partial charge in [-0.05, 0) is 36.6 Å². The third-order valence-corrected chi connectivity index (χ3v) is 3.83. The molecule has 1 fully saturated rings. The van der Waals surface area contributed by atoms with Crippen molar-refractivity contribution in [1.82, 2.24) is 5.43 Å². The second-order valence-electron chi connectivity index (χ2n) is 4.49. The van der Waals surface area contributed by atoms with Gasteiger partial charge in [0.25, 0.3) is 11.8 Å². The molecule has 0 bridgehead atoms. The maximum Gasteiger partial charge on any atom is 0.282 e. The highest BCUT2D eigenvalue weighted by Crippen LogP contribution is 2.22. The van der Waals surface area contributed by atoms with Crippen LogP contribution in [0, 0.1) is 6.92 Å². The first-order valence-electron chi connectivity index (χ1n) is 6.12. The third-order valence-electron chi connectivity index (χ3n) is 3.01. The Labute approximate surface area is 120 Å². The fraction of sp³-hybridized carbons (Fsp3) is 0.0667. The average Bonchev–Trinajstić information content (AvgIpc) is 3.04. The SMILES string of the molecule is Cc1ccc(N2NC(=O)/C(=C\c3cccs3)C2=O)cc1. The smallest absolute Gasteiger partial charge is 0.267 e. The first-order valence-corrected chi connectivity index (χ1v) is 7.00. The number of nitrogens with zero attached hydrogens (tertiary/aromatic N) is 1. The monoisotopic (exact) mass is 284 g/mol. The van der Waals surface area contributed by atoms with Crippen molar-refractivity contribution in [1.29, 1.82) is 0 Å². The Bertz CT molecular complexity index is 687. The van der Waals surface area contributed by atoms with E-state index in [2.05, 4.69) is 5.43 Å². The van der Waals surface area contributed by atoms with Crippen LogP contribution in [0.15, 0.2) is 47.4 Å². The van der Waals surface area contributed by atoms with E-state index in [-0.39, 0.29) is 17.4 Å². The molecular weight excluding hydrogens is 272 g/mol. The van der Waals surface area contributed by atoms with Crippen LogP contribution in [-0.2, 0) is 9.59 Å². The topological polar surface area (TPSA) is 49.4 Å². The first-order chi connectivity index (χ1) is 9.65. The molecule has 5 heteroatoms. The molecule has 2 aromatic rings. The highest BCUT2D eigenvalue weighted by Gasteiger charge is 2.34. The number of hydrogen-bond donors (Lipinski definition) is 1. The largest absolute Gasteiger partial charge is 0.282 e. The molecular formula is C15H12N2O2S. The van der Waals surface area contributed by atoms with Crippen molar-refractivity contribution in [3.63, 3.8) is 0 Å². The minimum absolute atomic E-state index is 0.160. The maximum atomic E-state index is 12.3. The van der Waals surface area contributed by atoms with Crippen molar-refractivity contribution >= 4 is 34.9 Å². The summed E-state index contributed by atoms with van der Waals surface area (Å²) in [4.78, 5) is 25.1. The van der Waals surface area contributed by atoms with Crippen LogP contribution >= 0.6 is 11.3 Å². The summed E-state index contributed by atoms with van der Waals surface area (Å²) in [5.41, 5.74) is 4.50. The van der Waals surface area contributed by atoms with Crippen LogP contribution in [0.5, 0.6) is 0 Å². The number of hydrogen-bond acceptors (Lipinski definition) is 3. The molecule has 1 saturated heterocycles. The number of nitrogens with one attached hydrogen (secondary N) is 1. The minimum atomic E-state index is -0.371. The van der Waals surface area contributed by atoms with Crippen LogP contribution in [0.3, 0.4) is 0 Å². The summed E-state index contributed by atoms with van der Waals surface area (Å²) in [6, 6.07) is 11.2. The van der Waals surface area contributed by atoms with Gasteiger partial charge in [-0.2, -0.15) is 0 Å². The van der Waals surface area contributed by atoms with Crippen molar-refractivity contribution in [2.75, 3.05) is 5.01 Å². The summed E-state index contributed by atoms with van der Waals surface area (Å²) in [5.74, 6) is -0.698. The van der Waals surface area contributed by atoms with Crippen molar-refractivity contribution in [2.45, 2.75) is 6.92 Å². The lowest BCUT2D eigenvalue weighted by Crippen LogP contribution is -2.35. The lowest BCUT2D eigenvalue weighted by Gasteiger charge is -2.14. The fourth-order valence-electron chi connectivity index (χ4n) is 1.95. The molecule has 0 spiro atoms. The van der Waals surface area contributed by atoms with Gasteiger partial charge in [-0.1, -0.05) is 23.8 Å². The van der Waals surface area contributed by atoms with E-state index in [4.69, 9.17) is 0 Å². The number of anilines is 1. The van der Waals surface area contributed by atoms with E-state index >= 15 is 0 Å². The molecule has 1 N–H and O–H groups in total. The molecule has 0 atom stereocenters. The van der Waals surface area contributed by atoms with Gasteiger partial charge in [0, 0.05) is 4.88 Å². The molecule has 3 rings (SSSR count). The van der Waals surface area contributed by atoms with Gasteiger partial charge in [0.2, 0.25) is 0 Å². The number of aryl methyl sites for hydroxylation is 1. The van der Waals surface area contributed by atoms with Gasteiger partial charge in [-0.25, -0.2) is 5.01 Å². The predicted molar refractivity (Wildman–Crippen MR) is 79.1 cm³/mol. The van der Waals surface area contributed by atoms with Crippen LogP contribution in [0.4, 0.5) is 5.69 Å². The standard InChI is InChI=1S/C15H12N2O2S/c1-10-4-6-11(7-5-10)17-15(19)13(14(18)16-17)9-12-3-2-8-20-12/h2-9H,1H3,(H,16,18)/b13-9+. The molecule has 4 nitrogen and oxygen atoms in total. The van der Waals surface area contributed by atoms with Crippen LogP contribution in [0.1, 0.15) is 10.4 Å². The van der Waals surface area contributed by atoms with Gasteiger partial charge in [-0.3, -0.25) is 15.0 Å². The quantitative estimate of drug-likeness (QED) is 0.680. The molecule has 0 radical (unpaired) electrons. The summed E-state index contributed by atoms with van der Waals surface area (Å²) in [6.45, 7) is 1.97. The normalized spacial score (nSPS) is 16.9. The highest BCUT2D eigenvalue weighted by atomic mass is 32.1. The minimum Gasteiger partial charge on any atom is -0.267 e. The molecule has 1 aliphatic heterocycles. The van der Waals surface area contributed by atoms with Gasteiger partial charge in [0.05, 0.1) is 5.69 Å². The molecule has 1 aromatic heterocycles. The Morgan fingerprint density at radius 3 is 2.55 bits per heavy atom. The molecule has 100 valence electrons. The number of thiophene rings is 1. The van der Waals surface area contributed by atoms with Gasteiger partial charge in [0.1, 0.15) is 5.57 Å². The van der Waals surface area contributed by atoms with Crippen LogP contribution in [-0.4, -0.2) is 11.8 Å². The van der Waals surface area contributed by atoms with E-state index in [0.29, 0.717) is 5.69 Å². The number of amides is 2. The van der Waals surface area contributed by atoms with E-state index in [1.807, 2.05) is 48.7 Å². The van der Waals surface area contributed by atoms with Gasteiger partial charge in [0.15, 0.2) is 0 Å². The van der Waals surface area contributed by atoms with Crippen molar-refractivity contribution < 1.29 is 9.59 Å². The Balaban J connectivity index is 1.92. The fourth-order valence-corrected chi connectivity index (χ4v) is 2.61. The zero-order chi connectivity index (χ0) is 14.1. The zero-order valence-electron chi connectivity index (χ0n) is 10.8. The van der Waals surface area contributed by atoms with Crippen molar-refractivity contribution in [3.05, 3.63) is 57.8 Å². The summed E-state index contributed by atoms with van der Waals surface area (Å²) in [7, 11) is 0. The maximum absolute atomic E-state index is 12.3. The number of carbonyl (C=O) groups excluding carboxylic acids is 2. The van der Waals surface area contributed by atoms with Gasteiger partial charge < -0.3 is 0 Å². The molecule has 2 amide bonds. The second kappa shape index (κ2) is 4.94. The molecule has 1 aliphatic rings. The van der Waals surface area contributed by atoms with Gasteiger partial charge in [-0.15, -0.1) is 11.3 Å². The Morgan fingerprint density at radius 2 is 1.90 bits per heavy atom. The van der Waals surface area contributed by atoms with Crippen LogP contribution in [0.25, 0.3) is 6.08 Å². The molecule has 0 aliphatic carbocycles. The summed E-state index contributed by atoms with van der Waals surface area (Å²) >= 11 is 1.49.